The molecule has 0 amide bonds. The smallest absolute Gasteiger partial charge is 0.336 e. The molecule has 0 fully saturated rings. The SMILES string of the molecule is COc1c(C(C)(C)C)cc(-c2cc3ccccc3c(-c3c(P(=O)(c4cc(F)c(F)c(F)c4)c4cc(F)c(F)c(F)c4)ccc4ccccc34)c2C(=O)O)cc1C(C)(C)C. The Bertz CT molecular complexity index is 2780. The summed E-state index contributed by atoms with van der Waals surface area (Å²) in [5, 5.41) is 11.5. The highest BCUT2D eigenvalue weighted by atomic mass is 31.2. The Balaban J connectivity index is 1.74. The van der Waals surface area contributed by atoms with Crippen molar-refractivity contribution in [3.05, 3.63) is 155 Å². The minimum atomic E-state index is -5.02. The van der Waals surface area contributed by atoms with Gasteiger partial charge in [-0.3, -0.25) is 0 Å². The van der Waals surface area contributed by atoms with Crippen LogP contribution in [0.2, 0.25) is 0 Å². The summed E-state index contributed by atoms with van der Waals surface area (Å²) >= 11 is 0. The van der Waals surface area contributed by atoms with Crippen LogP contribution in [-0.4, -0.2) is 18.2 Å². The zero-order valence-electron chi connectivity index (χ0n) is 33.2. The normalized spacial score (nSPS) is 12.4. The summed E-state index contributed by atoms with van der Waals surface area (Å²) in [6, 6.07) is 23.8. The van der Waals surface area contributed by atoms with Crippen LogP contribution in [0.25, 0.3) is 43.8 Å². The lowest BCUT2D eigenvalue weighted by atomic mass is 9.76. The van der Waals surface area contributed by atoms with Crippen LogP contribution in [0, 0.1) is 34.9 Å². The largest absolute Gasteiger partial charge is 0.496 e. The molecular formula is C48H39F6O4P. The Hall–Kier alpha value is -5.86. The van der Waals surface area contributed by atoms with Crippen LogP contribution in [0.3, 0.4) is 0 Å². The summed E-state index contributed by atoms with van der Waals surface area (Å²) in [6.45, 7) is 12.0. The van der Waals surface area contributed by atoms with Crippen molar-refractivity contribution in [1.29, 1.82) is 0 Å². The van der Waals surface area contributed by atoms with Crippen molar-refractivity contribution in [3.8, 4) is 28.0 Å². The van der Waals surface area contributed by atoms with Gasteiger partial charge in [0.15, 0.2) is 42.0 Å². The molecule has 0 radical (unpaired) electrons. The molecule has 0 saturated heterocycles. The molecule has 0 aromatic heterocycles. The van der Waals surface area contributed by atoms with Crippen molar-refractivity contribution >= 4 is 50.6 Å². The highest BCUT2D eigenvalue weighted by molar-refractivity contribution is 7.85. The van der Waals surface area contributed by atoms with Crippen molar-refractivity contribution in [2.75, 3.05) is 7.11 Å². The Kier molecular flexibility index (Phi) is 10.3. The lowest BCUT2D eigenvalue weighted by Gasteiger charge is -2.30. The number of fused-ring (bicyclic) bond motifs is 2. The molecule has 0 aliphatic rings. The first-order valence-electron chi connectivity index (χ1n) is 18.6. The molecule has 0 spiro atoms. The minimum absolute atomic E-state index is 0.00207. The van der Waals surface area contributed by atoms with Gasteiger partial charge in [-0.1, -0.05) is 96.1 Å². The number of ether oxygens (including phenoxy) is 1. The zero-order valence-corrected chi connectivity index (χ0v) is 34.1. The van der Waals surface area contributed by atoms with Crippen LogP contribution in [0.5, 0.6) is 5.75 Å². The van der Waals surface area contributed by atoms with Crippen LogP contribution in [0.15, 0.2) is 103 Å². The fourth-order valence-corrected chi connectivity index (χ4v) is 10.7. The second-order valence-corrected chi connectivity index (χ2v) is 19.3. The molecule has 0 heterocycles. The Morgan fingerprint density at radius 2 is 1.03 bits per heavy atom. The zero-order chi connectivity index (χ0) is 42.9. The fourth-order valence-electron chi connectivity index (χ4n) is 7.84. The van der Waals surface area contributed by atoms with Gasteiger partial charge < -0.3 is 14.4 Å². The van der Waals surface area contributed by atoms with Gasteiger partial charge in [0.25, 0.3) is 0 Å². The lowest BCUT2D eigenvalue weighted by Crippen LogP contribution is -2.29. The van der Waals surface area contributed by atoms with Crippen LogP contribution in [0.4, 0.5) is 26.3 Å². The maximum absolute atomic E-state index is 16.2. The number of rotatable bonds is 7. The molecule has 0 aliphatic carbocycles. The van der Waals surface area contributed by atoms with Gasteiger partial charge in [0.1, 0.15) is 5.75 Å². The van der Waals surface area contributed by atoms with E-state index in [1.807, 2.05) is 53.7 Å². The van der Waals surface area contributed by atoms with E-state index in [4.69, 9.17) is 4.74 Å². The first-order chi connectivity index (χ1) is 27.7. The first-order valence-corrected chi connectivity index (χ1v) is 20.3. The van der Waals surface area contributed by atoms with E-state index in [2.05, 4.69) is 0 Å². The Morgan fingerprint density at radius 3 is 1.47 bits per heavy atom. The topological polar surface area (TPSA) is 63.6 Å². The molecule has 7 aromatic rings. The first kappa shape index (κ1) is 41.3. The van der Waals surface area contributed by atoms with E-state index in [9.17, 15) is 18.7 Å². The maximum atomic E-state index is 16.2. The maximum Gasteiger partial charge on any atom is 0.336 e. The number of carbonyl (C=O) groups is 1. The summed E-state index contributed by atoms with van der Waals surface area (Å²) in [6.07, 6.45) is 0. The summed E-state index contributed by atoms with van der Waals surface area (Å²) in [5.41, 5.74) is 1.18. The number of halogens is 6. The molecule has 0 atom stereocenters. The number of aromatic carboxylic acids is 1. The van der Waals surface area contributed by atoms with Crippen molar-refractivity contribution in [2.45, 2.75) is 52.4 Å². The minimum Gasteiger partial charge on any atom is -0.496 e. The number of carboxylic acids is 1. The van der Waals surface area contributed by atoms with E-state index in [1.165, 1.54) is 12.1 Å². The van der Waals surface area contributed by atoms with E-state index in [0.29, 0.717) is 57.1 Å². The number of hydrogen-bond acceptors (Lipinski definition) is 3. The molecule has 0 unspecified atom stereocenters. The van der Waals surface area contributed by atoms with E-state index < -0.39 is 69.5 Å². The molecule has 0 aliphatic heterocycles. The second kappa shape index (κ2) is 14.8. The molecule has 11 heteroatoms. The van der Waals surface area contributed by atoms with Gasteiger partial charge in [0.05, 0.1) is 12.7 Å². The summed E-state index contributed by atoms with van der Waals surface area (Å²) in [5.74, 6) is -11.5. The van der Waals surface area contributed by atoms with E-state index >= 15 is 22.1 Å². The van der Waals surface area contributed by atoms with Crippen molar-refractivity contribution < 1.29 is 45.5 Å². The van der Waals surface area contributed by atoms with Crippen LogP contribution < -0.4 is 20.7 Å². The summed E-state index contributed by atoms with van der Waals surface area (Å²) < 4.78 is 112. The molecule has 7 aromatic carbocycles. The van der Waals surface area contributed by atoms with E-state index in [-0.39, 0.29) is 27.6 Å². The van der Waals surface area contributed by atoms with Gasteiger partial charge in [-0.15, -0.1) is 0 Å². The van der Waals surface area contributed by atoms with E-state index in [1.54, 1.807) is 61.7 Å². The van der Waals surface area contributed by atoms with Gasteiger partial charge >= 0.3 is 5.97 Å². The second-order valence-electron chi connectivity index (χ2n) is 16.5. The molecular weight excluding hydrogens is 785 g/mol. The van der Waals surface area contributed by atoms with Crippen LogP contribution in [-0.2, 0) is 15.4 Å². The average Bonchev–Trinajstić information content (AvgIpc) is 3.18. The highest BCUT2D eigenvalue weighted by Gasteiger charge is 2.38. The fraction of sp³-hybridized carbons (Fsp3) is 0.188. The Morgan fingerprint density at radius 1 is 0.593 bits per heavy atom. The summed E-state index contributed by atoms with van der Waals surface area (Å²) in [7, 11) is -3.44. The average molecular weight is 825 g/mol. The van der Waals surface area contributed by atoms with Crippen molar-refractivity contribution in [3.63, 3.8) is 0 Å². The van der Waals surface area contributed by atoms with Gasteiger partial charge in [0.2, 0.25) is 0 Å². The third kappa shape index (κ3) is 6.97. The third-order valence-corrected chi connectivity index (χ3v) is 13.7. The molecule has 302 valence electrons. The monoisotopic (exact) mass is 824 g/mol. The number of hydrogen-bond donors (Lipinski definition) is 1. The van der Waals surface area contributed by atoms with Gasteiger partial charge in [0, 0.05) is 38.2 Å². The lowest BCUT2D eigenvalue weighted by molar-refractivity contribution is 0.0698. The predicted molar refractivity (Wildman–Crippen MR) is 222 cm³/mol. The number of benzene rings is 7. The van der Waals surface area contributed by atoms with Crippen LogP contribution >= 0.6 is 7.14 Å². The van der Waals surface area contributed by atoms with Crippen molar-refractivity contribution in [2.24, 2.45) is 0 Å². The van der Waals surface area contributed by atoms with Gasteiger partial charge in [-0.05, 0) is 92.0 Å². The van der Waals surface area contributed by atoms with Gasteiger partial charge in [-0.25, -0.2) is 31.1 Å². The Labute approximate surface area is 337 Å². The molecule has 0 saturated carbocycles. The standard InChI is InChI=1S/C48H39F6O4P/c1-47(2,3)33-19-27(20-34(45(33)58-7)48(4,5)6)32-18-26-13-9-11-15-31(26)41(42(32)46(55)56)40-30-14-10-8-12-25(30)16-17-39(40)59(57,28-21-35(49)43(53)36(50)22-28)29-23-37(51)44(54)38(52)24-29/h8-24H,1-7H3,(H,55,56). The van der Waals surface area contributed by atoms with Gasteiger partial charge in [-0.2, -0.15) is 0 Å². The van der Waals surface area contributed by atoms with Crippen molar-refractivity contribution in [1.82, 2.24) is 0 Å². The highest BCUT2D eigenvalue weighted by Crippen LogP contribution is 2.51. The molecule has 4 nitrogen and oxygen atoms in total. The number of methoxy groups -OCH3 is 1. The predicted octanol–water partition coefficient (Wildman–Crippen LogP) is 12.1. The molecule has 1 N–H and O–H groups in total. The number of carboxylic acid groups (broad SMARTS) is 1. The third-order valence-electron chi connectivity index (χ3n) is 10.6. The molecule has 7 rings (SSSR count). The summed E-state index contributed by atoms with van der Waals surface area (Å²) in [4.78, 5) is 14.0. The van der Waals surface area contributed by atoms with Crippen LogP contribution in [0.1, 0.15) is 63.0 Å². The quantitative estimate of drug-likeness (QED) is 0.0988. The van der Waals surface area contributed by atoms with E-state index in [0.717, 1.165) is 11.1 Å². The molecule has 0 bridgehead atoms. The molecule has 59 heavy (non-hydrogen) atoms.